The van der Waals surface area contributed by atoms with Crippen LogP contribution in [-0.4, -0.2) is 29.8 Å². The molecule has 2 heterocycles. The molecule has 0 bridgehead atoms. The Morgan fingerprint density at radius 2 is 1.88 bits per heavy atom. The van der Waals surface area contributed by atoms with E-state index in [0.29, 0.717) is 31.7 Å². The van der Waals surface area contributed by atoms with Crippen LogP contribution in [0.2, 0.25) is 0 Å². The van der Waals surface area contributed by atoms with Gasteiger partial charge in [-0.1, -0.05) is 24.3 Å². The van der Waals surface area contributed by atoms with Gasteiger partial charge in [-0.25, -0.2) is 0 Å². The highest BCUT2D eigenvalue weighted by Gasteiger charge is 2.29. The molecular weight excluding hydrogens is 316 g/mol. The van der Waals surface area contributed by atoms with Gasteiger partial charge in [0.2, 0.25) is 5.91 Å². The van der Waals surface area contributed by atoms with Crippen LogP contribution in [-0.2, 0) is 4.79 Å². The van der Waals surface area contributed by atoms with Crippen LogP contribution in [0, 0.1) is 12.8 Å². The van der Waals surface area contributed by atoms with Gasteiger partial charge in [0.25, 0.3) is 5.91 Å². The molecule has 132 valence electrons. The van der Waals surface area contributed by atoms with Crippen molar-refractivity contribution in [3.8, 4) is 0 Å². The number of carbonyl (C=O) groups is 2. The summed E-state index contributed by atoms with van der Waals surface area (Å²) in [5, 5.41) is 3.12. The molecule has 2 amide bonds. The summed E-state index contributed by atoms with van der Waals surface area (Å²) in [7, 11) is 0. The summed E-state index contributed by atoms with van der Waals surface area (Å²) in [5.74, 6) is 0.279. The summed E-state index contributed by atoms with van der Waals surface area (Å²) < 4.78 is 5.17. The number of furan rings is 1. The lowest BCUT2D eigenvalue weighted by atomic mass is 9.94. The van der Waals surface area contributed by atoms with E-state index in [9.17, 15) is 9.59 Å². The van der Waals surface area contributed by atoms with Crippen molar-refractivity contribution in [2.45, 2.75) is 32.7 Å². The number of piperidine rings is 1. The van der Waals surface area contributed by atoms with E-state index in [1.54, 1.807) is 17.0 Å². The quantitative estimate of drug-likeness (QED) is 0.929. The molecule has 2 aromatic rings. The van der Waals surface area contributed by atoms with Crippen molar-refractivity contribution in [1.82, 2.24) is 10.2 Å². The minimum atomic E-state index is -0.0999. The van der Waals surface area contributed by atoms with Gasteiger partial charge < -0.3 is 14.6 Å². The lowest BCUT2D eigenvalue weighted by Crippen LogP contribution is -2.43. The second-order valence-corrected chi connectivity index (χ2v) is 6.63. The van der Waals surface area contributed by atoms with Crippen molar-refractivity contribution in [2.24, 2.45) is 5.92 Å². The molecule has 0 aliphatic carbocycles. The highest BCUT2D eigenvalue weighted by Crippen LogP contribution is 2.22. The molecule has 3 rings (SSSR count). The highest BCUT2D eigenvalue weighted by atomic mass is 16.3. The van der Waals surface area contributed by atoms with Gasteiger partial charge in [0, 0.05) is 19.0 Å². The molecule has 1 N–H and O–H groups in total. The average Bonchev–Trinajstić information content (AvgIpc) is 3.16. The second kappa shape index (κ2) is 7.55. The molecule has 1 aliphatic heterocycles. The predicted molar refractivity (Wildman–Crippen MR) is 95.1 cm³/mol. The number of nitrogens with zero attached hydrogens (tertiary/aromatic N) is 1. The number of nitrogens with one attached hydrogen (secondary N) is 1. The summed E-state index contributed by atoms with van der Waals surface area (Å²) in [6.45, 7) is 5.22. The SMILES string of the molecule is Cc1ccccc1C(C)NC(=O)C1CCN(C(=O)c2ccco2)CC1. The molecular formula is C20H24N2O3. The van der Waals surface area contributed by atoms with Gasteiger partial charge in [-0.3, -0.25) is 9.59 Å². The lowest BCUT2D eigenvalue weighted by molar-refractivity contribution is -0.127. The molecule has 1 atom stereocenters. The highest BCUT2D eigenvalue weighted by molar-refractivity contribution is 5.91. The molecule has 1 saturated heterocycles. The van der Waals surface area contributed by atoms with Gasteiger partial charge in [-0.05, 0) is 49.9 Å². The maximum absolute atomic E-state index is 12.6. The molecule has 25 heavy (non-hydrogen) atoms. The van der Waals surface area contributed by atoms with E-state index < -0.39 is 0 Å². The van der Waals surface area contributed by atoms with Crippen molar-refractivity contribution < 1.29 is 14.0 Å². The van der Waals surface area contributed by atoms with Crippen LogP contribution < -0.4 is 5.32 Å². The summed E-state index contributed by atoms with van der Waals surface area (Å²) >= 11 is 0. The number of rotatable bonds is 4. The van der Waals surface area contributed by atoms with Gasteiger partial charge in [-0.15, -0.1) is 0 Å². The normalized spacial score (nSPS) is 16.5. The van der Waals surface area contributed by atoms with Crippen molar-refractivity contribution in [3.05, 3.63) is 59.5 Å². The molecule has 5 nitrogen and oxygen atoms in total. The molecule has 1 aromatic carbocycles. The van der Waals surface area contributed by atoms with Gasteiger partial charge in [0.15, 0.2) is 5.76 Å². The van der Waals surface area contributed by atoms with Crippen molar-refractivity contribution >= 4 is 11.8 Å². The fourth-order valence-corrected chi connectivity index (χ4v) is 3.38. The number of hydrogen-bond acceptors (Lipinski definition) is 3. The Morgan fingerprint density at radius 1 is 1.16 bits per heavy atom. The van der Waals surface area contributed by atoms with E-state index in [2.05, 4.69) is 18.3 Å². The molecule has 0 spiro atoms. The van der Waals surface area contributed by atoms with Gasteiger partial charge in [0.1, 0.15) is 0 Å². The Balaban J connectivity index is 1.53. The maximum atomic E-state index is 12.6. The minimum absolute atomic E-state index is 0.0171. The van der Waals surface area contributed by atoms with Crippen LogP contribution in [0.4, 0.5) is 0 Å². The first-order chi connectivity index (χ1) is 12.1. The molecule has 1 fully saturated rings. The van der Waals surface area contributed by atoms with E-state index in [-0.39, 0.29) is 23.8 Å². The summed E-state index contributed by atoms with van der Waals surface area (Å²) in [5.41, 5.74) is 2.32. The van der Waals surface area contributed by atoms with Gasteiger partial charge >= 0.3 is 0 Å². The number of benzene rings is 1. The van der Waals surface area contributed by atoms with E-state index in [1.165, 1.54) is 11.8 Å². The van der Waals surface area contributed by atoms with Crippen LogP contribution in [0.15, 0.2) is 47.1 Å². The standard InChI is InChI=1S/C20H24N2O3/c1-14-6-3-4-7-17(14)15(2)21-19(23)16-9-11-22(12-10-16)20(24)18-8-5-13-25-18/h3-8,13,15-16H,9-12H2,1-2H3,(H,21,23). The first-order valence-electron chi connectivity index (χ1n) is 8.75. The van der Waals surface area contributed by atoms with Gasteiger partial charge in [0.05, 0.1) is 12.3 Å². The molecule has 5 heteroatoms. The summed E-state index contributed by atoms with van der Waals surface area (Å²) in [6, 6.07) is 11.5. The number of hydrogen-bond donors (Lipinski definition) is 1. The van der Waals surface area contributed by atoms with Crippen molar-refractivity contribution in [2.75, 3.05) is 13.1 Å². The molecule has 0 radical (unpaired) electrons. The topological polar surface area (TPSA) is 62.6 Å². The van der Waals surface area contributed by atoms with Crippen LogP contribution in [0.5, 0.6) is 0 Å². The fraction of sp³-hybridized carbons (Fsp3) is 0.400. The van der Waals surface area contributed by atoms with E-state index in [4.69, 9.17) is 4.42 Å². The number of carbonyl (C=O) groups excluding carboxylic acids is 2. The number of likely N-dealkylation sites (tertiary alicyclic amines) is 1. The monoisotopic (exact) mass is 340 g/mol. The van der Waals surface area contributed by atoms with Crippen molar-refractivity contribution in [3.63, 3.8) is 0 Å². The molecule has 0 saturated carbocycles. The van der Waals surface area contributed by atoms with Crippen LogP contribution in [0.25, 0.3) is 0 Å². The Kier molecular flexibility index (Phi) is 5.22. The summed E-state index contributed by atoms with van der Waals surface area (Å²) in [6.07, 6.45) is 2.86. The number of aryl methyl sites for hydroxylation is 1. The lowest BCUT2D eigenvalue weighted by Gasteiger charge is -2.31. The third-order valence-corrected chi connectivity index (χ3v) is 4.90. The zero-order valence-electron chi connectivity index (χ0n) is 14.7. The fourth-order valence-electron chi connectivity index (χ4n) is 3.38. The van der Waals surface area contributed by atoms with Crippen LogP contribution in [0.1, 0.15) is 47.5 Å². The smallest absolute Gasteiger partial charge is 0.289 e. The first kappa shape index (κ1) is 17.3. The third kappa shape index (κ3) is 3.92. The zero-order valence-corrected chi connectivity index (χ0v) is 14.7. The molecule has 1 unspecified atom stereocenters. The molecule has 1 aliphatic rings. The Labute approximate surface area is 148 Å². The largest absolute Gasteiger partial charge is 0.459 e. The average molecular weight is 340 g/mol. The van der Waals surface area contributed by atoms with Crippen LogP contribution >= 0.6 is 0 Å². The minimum Gasteiger partial charge on any atom is -0.459 e. The Morgan fingerprint density at radius 3 is 2.52 bits per heavy atom. The van der Waals surface area contributed by atoms with Crippen molar-refractivity contribution in [1.29, 1.82) is 0 Å². The maximum Gasteiger partial charge on any atom is 0.289 e. The van der Waals surface area contributed by atoms with E-state index in [0.717, 1.165) is 5.56 Å². The Hall–Kier alpha value is -2.56. The predicted octanol–water partition coefficient (Wildman–Crippen LogP) is 3.32. The third-order valence-electron chi connectivity index (χ3n) is 4.90. The van der Waals surface area contributed by atoms with E-state index >= 15 is 0 Å². The van der Waals surface area contributed by atoms with Crippen LogP contribution in [0.3, 0.4) is 0 Å². The van der Waals surface area contributed by atoms with Gasteiger partial charge in [-0.2, -0.15) is 0 Å². The Bertz CT molecular complexity index is 731. The second-order valence-electron chi connectivity index (χ2n) is 6.63. The van der Waals surface area contributed by atoms with E-state index in [1.807, 2.05) is 25.1 Å². The first-order valence-corrected chi connectivity index (χ1v) is 8.75. The number of amides is 2. The zero-order chi connectivity index (χ0) is 17.8. The molecule has 1 aromatic heterocycles. The summed E-state index contributed by atoms with van der Waals surface area (Å²) in [4.78, 5) is 26.6.